The number of aryl methyl sites for hydroxylation is 1. The van der Waals surface area contributed by atoms with Crippen LogP contribution in [0.25, 0.3) is 0 Å². The van der Waals surface area contributed by atoms with Gasteiger partial charge in [-0.1, -0.05) is 13.0 Å². The van der Waals surface area contributed by atoms with E-state index in [4.69, 9.17) is 5.73 Å². The number of rotatable bonds is 4. The van der Waals surface area contributed by atoms with E-state index in [9.17, 15) is 4.39 Å². The molecule has 3 heteroatoms. The van der Waals surface area contributed by atoms with Gasteiger partial charge in [-0.25, -0.2) is 4.39 Å². The van der Waals surface area contributed by atoms with Gasteiger partial charge in [-0.05, 0) is 56.0 Å². The standard InChI is InChI=1S/C15H23FN2/c1-3-13-5-4-8-18(13)15(10-17)14-7-6-12(16)9-11(14)2/h6-7,9,13,15H,3-5,8,10,17H2,1-2H3. The zero-order chi connectivity index (χ0) is 13.1. The Bertz CT molecular complexity index is 405. The quantitative estimate of drug-likeness (QED) is 0.890. The minimum atomic E-state index is -0.166. The highest BCUT2D eigenvalue weighted by atomic mass is 19.1. The molecule has 1 saturated heterocycles. The van der Waals surface area contributed by atoms with Crippen molar-refractivity contribution < 1.29 is 4.39 Å². The van der Waals surface area contributed by atoms with Crippen molar-refractivity contribution in [1.82, 2.24) is 4.90 Å². The van der Waals surface area contributed by atoms with Crippen LogP contribution >= 0.6 is 0 Å². The molecular formula is C15H23FN2. The van der Waals surface area contributed by atoms with Gasteiger partial charge in [-0.2, -0.15) is 0 Å². The summed E-state index contributed by atoms with van der Waals surface area (Å²) in [5.41, 5.74) is 8.16. The van der Waals surface area contributed by atoms with Crippen LogP contribution in [0.2, 0.25) is 0 Å². The minimum Gasteiger partial charge on any atom is -0.329 e. The fourth-order valence-electron chi connectivity index (χ4n) is 3.16. The summed E-state index contributed by atoms with van der Waals surface area (Å²) in [6, 6.07) is 5.91. The maximum absolute atomic E-state index is 13.2. The normalized spacial score (nSPS) is 22.3. The summed E-state index contributed by atoms with van der Waals surface area (Å²) in [5.74, 6) is -0.166. The van der Waals surface area contributed by atoms with Crippen LogP contribution in [0.4, 0.5) is 4.39 Å². The van der Waals surface area contributed by atoms with Gasteiger partial charge in [0, 0.05) is 18.6 Å². The molecule has 2 rings (SSSR count). The van der Waals surface area contributed by atoms with Gasteiger partial charge in [0.15, 0.2) is 0 Å². The minimum absolute atomic E-state index is 0.166. The number of halogens is 1. The average Bonchev–Trinajstić information content (AvgIpc) is 2.81. The molecule has 2 atom stereocenters. The summed E-state index contributed by atoms with van der Waals surface area (Å²) >= 11 is 0. The third-order valence-electron chi connectivity index (χ3n) is 4.11. The first-order valence-corrected chi connectivity index (χ1v) is 6.89. The van der Waals surface area contributed by atoms with Crippen molar-refractivity contribution in [2.24, 2.45) is 5.73 Å². The first kappa shape index (κ1) is 13.5. The number of benzene rings is 1. The highest BCUT2D eigenvalue weighted by Gasteiger charge is 2.30. The van der Waals surface area contributed by atoms with E-state index < -0.39 is 0 Å². The highest BCUT2D eigenvalue weighted by molar-refractivity contribution is 5.30. The summed E-state index contributed by atoms with van der Waals surface area (Å²) in [7, 11) is 0. The molecule has 1 aromatic rings. The lowest BCUT2D eigenvalue weighted by Crippen LogP contribution is -2.37. The second kappa shape index (κ2) is 5.81. The molecular weight excluding hydrogens is 227 g/mol. The van der Waals surface area contributed by atoms with E-state index in [1.807, 2.05) is 13.0 Å². The number of likely N-dealkylation sites (tertiary alicyclic amines) is 1. The van der Waals surface area contributed by atoms with Crippen molar-refractivity contribution in [3.8, 4) is 0 Å². The van der Waals surface area contributed by atoms with Gasteiger partial charge in [-0.15, -0.1) is 0 Å². The molecule has 1 aliphatic heterocycles. The van der Waals surface area contributed by atoms with Crippen LogP contribution in [-0.4, -0.2) is 24.0 Å². The van der Waals surface area contributed by atoms with Crippen molar-refractivity contribution in [1.29, 1.82) is 0 Å². The predicted molar refractivity (Wildman–Crippen MR) is 73.0 cm³/mol. The Morgan fingerprint density at radius 3 is 2.89 bits per heavy atom. The van der Waals surface area contributed by atoms with Crippen molar-refractivity contribution in [3.63, 3.8) is 0 Å². The van der Waals surface area contributed by atoms with Gasteiger partial charge >= 0.3 is 0 Å². The second-order valence-corrected chi connectivity index (χ2v) is 5.19. The number of hydrogen-bond acceptors (Lipinski definition) is 2. The molecule has 2 unspecified atom stereocenters. The van der Waals surface area contributed by atoms with E-state index in [1.54, 1.807) is 12.1 Å². The molecule has 1 aromatic carbocycles. The van der Waals surface area contributed by atoms with Crippen LogP contribution in [0.15, 0.2) is 18.2 Å². The molecule has 0 radical (unpaired) electrons. The van der Waals surface area contributed by atoms with Crippen molar-refractivity contribution in [2.75, 3.05) is 13.1 Å². The predicted octanol–water partition coefficient (Wildman–Crippen LogP) is 3.01. The summed E-state index contributed by atoms with van der Waals surface area (Å²) in [4.78, 5) is 2.50. The smallest absolute Gasteiger partial charge is 0.123 e. The Hall–Kier alpha value is -0.930. The van der Waals surface area contributed by atoms with E-state index in [-0.39, 0.29) is 11.9 Å². The summed E-state index contributed by atoms with van der Waals surface area (Å²) in [6.07, 6.45) is 3.67. The first-order valence-electron chi connectivity index (χ1n) is 6.89. The molecule has 0 amide bonds. The zero-order valence-corrected chi connectivity index (χ0v) is 11.3. The Labute approximate surface area is 109 Å². The van der Waals surface area contributed by atoms with Crippen LogP contribution in [0.1, 0.15) is 43.4 Å². The molecule has 0 aromatic heterocycles. The fourth-order valence-corrected chi connectivity index (χ4v) is 3.16. The van der Waals surface area contributed by atoms with Crippen LogP contribution in [-0.2, 0) is 0 Å². The largest absolute Gasteiger partial charge is 0.329 e. The van der Waals surface area contributed by atoms with E-state index in [0.29, 0.717) is 12.6 Å². The van der Waals surface area contributed by atoms with E-state index in [1.165, 1.54) is 18.4 Å². The first-order chi connectivity index (χ1) is 8.67. The van der Waals surface area contributed by atoms with E-state index in [0.717, 1.165) is 18.5 Å². The maximum atomic E-state index is 13.2. The van der Waals surface area contributed by atoms with E-state index in [2.05, 4.69) is 11.8 Å². The van der Waals surface area contributed by atoms with Gasteiger partial charge in [0.05, 0.1) is 0 Å². The molecule has 1 aliphatic rings. The Kier molecular flexibility index (Phi) is 4.36. The summed E-state index contributed by atoms with van der Waals surface area (Å²) < 4.78 is 13.2. The SMILES string of the molecule is CCC1CCCN1C(CN)c1ccc(F)cc1C. The Morgan fingerprint density at radius 2 is 2.28 bits per heavy atom. The monoisotopic (exact) mass is 250 g/mol. The van der Waals surface area contributed by atoms with Crippen LogP contribution < -0.4 is 5.73 Å². The summed E-state index contributed by atoms with van der Waals surface area (Å²) in [5, 5.41) is 0. The van der Waals surface area contributed by atoms with Gasteiger partial charge < -0.3 is 5.73 Å². The lowest BCUT2D eigenvalue weighted by atomic mass is 9.98. The number of nitrogens with zero attached hydrogens (tertiary/aromatic N) is 1. The van der Waals surface area contributed by atoms with E-state index >= 15 is 0 Å². The third-order valence-corrected chi connectivity index (χ3v) is 4.11. The maximum Gasteiger partial charge on any atom is 0.123 e. The fraction of sp³-hybridized carbons (Fsp3) is 0.600. The number of hydrogen-bond donors (Lipinski definition) is 1. The van der Waals surface area contributed by atoms with Crippen LogP contribution in [0.3, 0.4) is 0 Å². The van der Waals surface area contributed by atoms with Crippen molar-refractivity contribution >= 4 is 0 Å². The molecule has 0 bridgehead atoms. The lowest BCUT2D eigenvalue weighted by molar-refractivity contribution is 0.180. The lowest BCUT2D eigenvalue weighted by Gasteiger charge is -2.33. The molecule has 2 N–H and O–H groups in total. The third kappa shape index (κ3) is 2.57. The zero-order valence-electron chi connectivity index (χ0n) is 11.3. The van der Waals surface area contributed by atoms with Crippen LogP contribution in [0.5, 0.6) is 0 Å². The average molecular weight is 250 g/mol. The summed E-state index contributed by atoms with van der Waals surface area (Å²) in [6.45, 7) is 5.91. The van der Waals surface area contributed by atoms with Crippen molar-refractivity contribution in [2.45, 2.75) is 45.2 Å². The molecule has 2 nitrogen and oxygen atoms in total. The molecule has 1 heterocycles. The van der Waals surface area contributed by atoms with Gasteiger partial charge in [0.1, 0.15) is 5.82 Å². The molecule has 100 valence electrons. The number of nitrogens with two attached hydrogens (primary N) is 1. The molecule has 0 spiro atoms. The van der Waals surface area contributed by atoms with Gasteiger partial charge in [0.2, 0.25) is 0 Å². The van der Waals surface area contributed by atoms with Gasteiger partial charge in [-0.3, -0.25) is 4.90 Å². The topological polar surface area (TPSA) is 29.3 Å². The van der Waals surface area contributed by atoms with Crippen LogP contribution in [0, 0.1) is 12.7 Å². The molecule has 0 aliphatic carbocycles. The molecule has 18 heavy (non-hydrogen) atoms. The Morgan fingerprint density at radius 1 is 1.50 bits per heavy atom. The van der Waals surface area contributed by atoms with Gasteiger partial charge in [0.25, 0.3) is 0 Å². The van der Waals surface area contributed by atoms with Crippen molar-refractivity contribution in [3.05, 3.63) is 35.1 Å². The Balaban J connectivity index is 2.27. The molecule has 1 fully saturated rings. The highest BCUT2D eigenvalue weighted by Crippen LogP contribution is 2.31. The molecule has 0 saturated carbocycles. The second-order valence-electron chi connectivity index (χ2n) is 5.19.